The summed E-state index contributed by atoms with van der Waals surface area (Å²) in [5, 5.41) is 4.59. The third kappa shape index (κ3) is 3.38. The van der Waals surface area contributed by atoms with E-state index >= 15 is 0 Å². The number of allylic oxidation sites excluding steroid dienone is 2. The number of rotatable bonds is 8. The minimum Gasteiger partial charge on any atom is -0.143 e. The molecular weight excluding hydrogens is 424 g/mol. The van der Waals surface area contributed by atoms with Crippen molar-refractivity contribution in [1.82, 2.24) is 0 Å². The van der Waals surface area contributed by atoms with Crippen molar-refractivity contribution in [3.8, 4) is 20.9 Å². The highest BCUT2D eigenvalue weighted by Gasteiger charge is 2.33. The van der Waals surface area contributed by atoms with Gasteiger partial charge in [0.05, 0.1) is 0 Å². The predicted molar refractivity (Wildman–Crippen MR) is 145 cm³/mol. The van der Waals surface area contributed by atoms with Gasteiger partial charge in [0.15, 0.2) is 0 Å². The first-order valence-corrected chi connectivity index (χ1v) is 14.3. The third-order valence-corrected chi connectivity index (χ3v) is 8.86. The molecule has 2 aliphatic rings. The second kappa shape index (κ2) is 9.15. The molecule has 0 aliphatic heterocycles. The first kappa shape index (κ1) is 21.9. The molecule has 2 heterocycles. The Balaban J connectivity index is 1.79. The van der Waals surface area contributed by atoms with Crippen molar-refractivity contribution >= 4 is 33.8 Å². The quantitative estimate of drug-likeness (QED) is 0.217. The molecule has 0 nitrogen and oxygen atoms in total. The maximum Gasteiger partial charge on any atom is 0.0427 e. The SMILES string of the molecule is CCCC(CCC)=C1c2cc3c(cc2-c2sccc21)C(=C(CCC)CCC)c1ccsc1-3. The van der Waals surface area contributed by atoms with Gasteiger partial charge in [0.1, 0.15) is 0 Å². The van der Waals surface area contributed by atoms with Crippen LogP contribution in [0.25, 0.3) is 32.0 Å². The second-order valence-corrected chi connectivity index (χ2v) is 11.1. The summed E-state index contributed by atoms with van der Waals surface area (Å²) < 4.78 is 0. The Hall–Kier alpha value is -1.90. The third-order valence-electron chi connectivity index (χ3n) is 6.97. The molecule has 0 bridgehead atoms. The molecule has 2 aromatic heterocycles. The second-order valence-electron chi connectivity index (χ2n) is 9.23. The Bertz CT molecular complexity index is 1100. The molecule has 0 saturated carbocycles. The van der Waals surface area contributed by atoms with Gasteiger partial charge in [-0.15, -0.1) is 22.7 Å². The Morgan fingerprint density at radius 1 is 0.531 bits per heavy atom. The smallest absolute Gasteiger partial charge is 0.0427 e. The monoisotopic (exact) mass is 458 g/mol. The van der Waals surface area contributed by atoms with Gasteiger partial charge in [-0.05, 0) is 83.0 Å². The Morgan fingerprint density at radius 2 is 0.906 bits per heavy atom. The molecule has 0 spiro atoms. The normalized spacial score (nSPS) is 13.2. The maximum absolute atomic E-state index is 2.57. The molecule has 32 heavy (non-hydrogen) atoms. The van der Waals surface area contributed by atoms with Crippen molar-refractivity contribution in [3.63, 3.8) is 0 Å². The molecule has 0 unspecified atom stereocenters. The van der Waals surface area contributed by atoms with E-state index in [4.69, 9.17) is 0 Å². The molecule has 5 rings (SSSR count). The van der Waals surface area contributed by atoms with Crippen LogP contribution in [-0.4, -0.2) is 0 Å². The van der Waals surface area contributed by atoms with Crippen LogP contribution in [0.1, 0.15) is 101 Å². The Morgan fingerprint density at radius 3 is 1.25 bits per heavy atom. The fourth-order valence-electron chi connectivity index (χ4n) is 5.83. The van der Waals surface area contributed by atoms with Crippen LogP contribution in [0.15, 0.2) is 46.2 Å². The van der Waals surface area contributed by atoms with Crippen molar-refractivity contribution < 1.29 is 0 Å². The predicted octanol–water partition coefficient (Wildman–Crippen LogP) is 10.6. The molecule has 0 fully saturated rings. The van der Waals surface area contributed by atoms with Crippen molar-refractivity contribution in [2.75, 3.05) is 0 Å². The van der Waals surface area contributed by atoms with E-state index < -0.39 is 0 Å². The van der Waals surface area contributed by atoms with Gasteiger partial charge in [-0.3, -0.25) is 0 Å². The summed E-state index contributed by atoms with van der Waals surface area (Å²) in [6, 6.07) is 9.88. The van der Waals surface area contributed by atoms with Gasteiger partial charge in [-0.1, -0.05) is 64.5 Å². The van der Waals surface area contributed by atoms with Crippen LogP contribution in [0.4, 0.5) is 0 Å². The molecule has 2 aliphatic carbocycles. The molecule has 3 aromatic rings. The van der Waals surface area contributed by atoms with Gasteiger partial charge in [0, 0.05) is 32.0 Å². The summed E-state index contributed by atoms with van der Waals surface area (Å²) in [5.41, 5.74) is 15.4. The van der Waals surface area contributed by atoms with Gasteiger partial charge >= 0.3 is 0 Å². The molecule has 0 atom stereocenters. The van der Waals surface area contributed by atoms with E-state index in [9.17, 15) is 0 Å². The molecule has 0 radical (unpaired) electrons. The van der Waals surface area contributed by atoms with Gasteiger partial charge in [-0.25, -0.2) is 0 Å². The lowest BCUT2D eigenvalue weighted by Crippen LogP contribution is -1.94. The molecule has 1 aromatic carbocycles. The number of hydrogen-bond donors (Lipinski definition) is 0. The van der Waals surface area contributed by atoms with Crippen LogP contribution < -0.4 is 0 Å². The standard InChI is InChI=1S/C30H34S2/c1-5-9-19(10-6-2)27-21-13-15-31-29(21)25-18-24-26(17-23(25)27)30-22(14-16-32-30)28(24)20(11-7-3)12-8-4/h13-18H,5-12H2,1-4H3. The largest absolute Gasteiger partial charge is 0.143 e. The molecule has 166 valence electrons. The average Bonchev–Trinajstić information content (AvgIpc) is 3.53. The highest BCUT2D eigenvalue weighted by Crippen LogP contribution is 2.56. The molecule has 0 saturated heterocycles. The topological polar surface area (TPSA) is 0 Å². The van der Waals surface area contributed by atoms with Crippen LogP contribution in [0, 0.1) is 0 Å². The molecule has 0 N–H and O–H groups in total. The Kier molecular flexibility index (Phi) is 6.27. The van der Waals surface area contributed by atoms with E-state index in [1.165, 1.54) is 94.5 Å². The van der Waals surface area contributed by atoms with Gasteiger partial charge < -0.3 is 0 Å². The summed E-state index contributed by atoms with van der Waals surface area (Å²) in [5.74, 6) is 0. The lowest BCUT2D eigenvalue weighted by Gasteiger charge is -2.15. The van der Waals surface area contributed by atoms with Crippen molar-refractivity contribution in [1.29, 1.82) is 0 Å². The summed E-state index contributed by atoms with van der Waals surface area (Å²) in [6.45, 7) is 9.28. The van der Waals surface area contributed by atoms with E-state index in [-0.39, 0.29) is 0 Å². The van der Waals surface area contributed by atoms with Crippen LogP contribution in [0.2, 0.25) is 0 Å². The summed E-state index contributed by atoms with van der Waals surface area (Å²) in [4.78, 5) is 2.98. The zero-order valence-electron chi connectivity index (χ0n) is 19.9. The molecule has 0 amide bonds. The lowest BCUT2D eigenvalue weighted by molar-refractivity contribution is 0.806. The van der Waals surface area contributed by atoms with E-state index in [2.05, 4.69) is 62.7 Å². The van der Waals surface area contributed by atoms with Gasteiger partial charge in [0.2, 0.25) is 0 Å². The van der Waals surface area contributed by atoms with Crippen LogP contribution >= 0.6 is 22.7 Å². The van der Waals surface area contributed by atoms with Crippen molar-refractivity contribution in [3.05, 3.63) is 68.4 Å². The number of hydrogen-bond acceptors (Lipinski definition) is 2. The number of thiophene rings is 2. The summed E-state index contributed by atoms with van der Waals surface area (Å²) in [6.07, 6.45) is 9.72. The van der Waals surface area contributed by atoms with Crippen LogP contribution in [-0.2, 0) is 0 Å². The summed E-state index contributed by atoms with van der Waals surface area (Å²) in [7, 11) is 0. The number of benzene rings is 1. The highest BCUT2D eigenvalue weighted by molar-refractivity contribution is 7.14. The molecule has 2 heteroatoms. The van der Waals surface area contributed by atoms with Crippen molar-refractivity contribution in [2.24, 2.45) is 0 Å². The van der Waals surface area contributed by atoms with Gasteiger partial charge in [-0.2, -0.15) is 0 Å². The average molecular weight is 459 g/mol. The van der Waals surface area contributed by atoms with E-state index in [1.807, 2.05) is 22.7 Å². The van der Waals surface area contributed by atoms with E-state index in [0.29, 0.717) is 0 Å². The van der Waals surface area contributed by atoms with Crippen molar-refractivity contribution in [2.45, 2.75) is 79.1 Å². The first-order chi connectivity index (χ1) is 15.7. The molecular formula is C30H34S2. The van der Waals surface area contributed by atoms with E-state index in [0.717, 1.165) is 0 Å². The zero-order chi connectivity index (χ0) is 22.2. The maximum atomic E-state index is 2.57. The Labute approximate surface area is 201 Å². The summed E-state index contributed by atoms with van der Waals surface area (Å²) >= 11 is 3.85. The van der Waals surface area contributed by atoms with Crippen LogP contribution in [0.5, 0.6) is 0 Å². The lowest BCUT2D eigenvalue weighted by atomic mass is 9.89. The number of fused-ring (bicyclic) bond motifs is 6. The van der Waals surface area contributed by atoms with Crippen LogP contribution in [0.3, 0.4) is 0 Å². The zero-order valence-corrected chi connectivity index (χ0v) is 21.6. The van der Waals surface area contributed by atoms with E-state index in [1.54, 1.807) is 22.3 Å². The van der Waals surface area contributed by atoms with Gasteiger partial charge in [0.25, 0.3) is 0 Å². The minimum atomic E-state index is 1.21. The highest BCUT2D eigenvalue weighted by atomic mass is 32.1. The fourth-order valence-corrected chi connectivity index (χ4v) is 7.69. The minimum absolute atomic E-state index is 1.21. The first-order valence-electron chi connectivity index (χ1n) is 12.5. The fraction of sp³-hybridized carbons (Fsp3) is 0.400.